The normalized spacial score (nSPS) is 11.6. The molecule has 3 nitrogen and oxygen atoms in total. The lowest BCUT2D eigenvalue weighted by molar-refractivity contribution is -0.141. The maximum absolute atomic E-state index is 13.4. The van der Waals surface area contributed by atoms with E-state index in [1.807, 2.05) is 0 Å². The summed E-state index contributed by atoms with van der Waals surface area (Å²) in [5, 5.41) is 0. The quantitative estimate of drug-likeness (QED) is 0.458. The third-order valence-electron chi connectivity index (χ3n) is 2.09. The Morgan fingerprint density at radius 3 is 2.72 bits per heavy atom. The molecule has 0 saturated carbocycles. The summed E-state index contributed by atoms with van der Waals surface area (Å²) in [6, 6.07) is 4.12. The lowest BCUT2D eigenvalue weighted by Crippen LogP contribution is -2.19. The molecule has 0 saturated heterocycles. The van der Waals surface area contributed by atoms with E-state index in [9.17, 15) is 14.0 Å². The van der Waals surface area contributed by atoms with E-state index in [0.717, 1.165) is 6.07 Å². The fourth-order valence-electron chi connectivity index (χ4n) is 1.25. The van der Waals surface area contributed by atoms with Crippen molar-refractivity contribution in [1.82, 2.24) is 0 Å². The van der Waals surface area contributed by atoms with Gasteiger partial charge in [0.1, 0.15) is 16.6 Å². The first-order valence-corrected chi connectivity index (χ1v) is 6.73. The van der Waals surface area contributed by atoms with Gasteiger partial charge < -0.3 is 4.74 Å². The molecule has 96 valence electrons. The van der Waals surface area contributed by atoms with Crippen molar-refractivity contribution in [2.45, 2.75) is 11.8 Å². The average molecular weight is 380 g/mol. The van der Waals surface area contributed by atoms with Crippen LogP contribution >= 0.6 is 31.9 Å². The van der Waals surface area contributed by atoms with E-state index in [4.69, 9.17) is 4.74 Å². The number of benzene rings is 1. The molecule has 1 aromatic rings. The first kappa shape index (κ1) is 15.1. The van der Waals surface area contributed by atoms with Crippen LogP contribution in [-0.4, -0.2) is 23.3 Å². The Labute approximate surface area is 120 Å². The second-order valence-corrected chi connectivity index (χ2v) is 5.03. The zero-order chi connectivity index (χ0) is 13.7. The Kier molecular flexibility index (Phi) is 5.72. The molecule has 1 atom stereocenters. The van der Waals surface area contributed by atoms with E-state index in [0.29, 0.717) is 0 Å². The van der Waals surface area contributed by atoms with Crippen LogP contribution in [0.15, 0.2) is 22.7 Å². The van der Waals surface area contributed by atoms with Crippen molar-refractivity contribution in [2.75, 3.05) is 6.61 Å². The lowest BCUT2D eigenvalue weighted by atomic mass is 10.0. The first-order valence-electron chi connectivity index (χ1n) is 5.02. The second kappa shape index (κ2) is 6.83. The van der Waals surface area contributed by atoms with Crippen molar-refractivity contribution >= 4 is 49.3 Å². The van der Waals surface area contributed by atoms with Gasteiger partial charge in [-0.2, -0.15) is 0 Å². The van der Waals surface area contributed by atoms with Gasteiger partial charge in [0, 0.05) is 0 Å². The summed E-state index contributed by atoms with van der Waals surface area (Å²) in [5.74, 6) is 0.505. The standard InChI is InChI=1S/C12H9Br2FO3/c1-2-18-12(17)11(14)8(6-16)7-3-4-9(13)10(15)5-7/h3-5,11H,2H2,1H3. The highest BCUT2D eigenvalue weighted by Crippen LogP contribution is 2.26. The maximum Gasteiger partial charge on any atom is 0.325 e. The molecule has 0 aromatic heterocycles. The number of carbonyl (C=O) groups is 1. The Balaban J connectivity index is 3.07. The molecule has 0 heterocycles. The number of hydrogen-bond donors (Lipinski definition) is 0. The Hall–Kier alpha value is -0.970. The summed E-state index contributed by atoms with van der Waals surface area (Å²) in [5.41, 5.74) is 0.278. The van der Waals surface area contributed by atoms with E-state index in [2.05, 4.69) is 31.9 Å². The molecule has 0 bridgehead atoms. The number of esters is 1. The van der Waals surface area contributed by atoms with Crippen molar-refractivity contribution in [3.05, 3.63) is 34.1 Å². The van der Waals surface area contributed by atoms with Gasteiger partial charge in [0.2, 0.25) is 0 Å². The molecule has 1 aromatic carbocycles. The Morgan fingerprint density at radius 2 is 2.22 bits per heavy atom. The van der Waals surface area contributed by atoms with Crippen molar-refractivity contribution in [3.8, 4) is 0 Å². The fourth-order valence-corrected chi connectivity index (χ4v) is 1.99. The zero-order valence-electron chi connectivity index (χ0n) is 9.38. The number of rotatable bonds is 4. The molecular formula is C12H9Br2FO3. The molecule has 0 N–H and O–H groups in total. The molecule has 0 aliphatic heterocycles. The summed E-state index contributed by atoms with van der Waals surface area (Å²) in [4.78, 5) is 21.5. The van der Waals surface area contributed by atoms with Crippen molar-refractivity contribution in [2.24, 2.45) is 0 Å². The highest BCUT2D eigenvalue weighted by Gasteiger charge is 2.24. The summed E-state index contributed by atoms with van der Waals surface area (Å²) in [6.07, 6.45) is 0. The van der Waals surface area contributed by atoms with Crippen molar-refractivity contribution in [1.29, 1.82) is 0 Å². The van der Waals surface area contributed by atoms with Gasteiger partial charge in [-0.05, 0) is 40.5 Å². The van der Waals surface area contributed by atoms with Crippen LogP contribution in [0.4, 0.5) is 4.39 Å². The largest absolute Gasteiger partial charge is 0.465 e. The van der Waals surface area contributed by atoms with Gasteiger partial charge in [-0.3, -0.25) is 4.79 Å². The monoisotopic (exact) mass is 378 g/mol. The maximum atomic E-state index is 13.4. The summed E-state index contributed by atoms with van der Waals surface area (Å²) >= 11 is 6.05. The molecule has 1 rings (SSSR count). The number of hydrogen-bond acceptors (Lipinski definition) is 3. The molecule has 0 aliphatic carbocycles. The summed E-state index contributed by atoms with van der Waals surface area (Å²) in [6.45, 7) is 1.85. The van der Waals surface area contributed by atoms with Gasteiger partial charge in [0.05, 0.1) is 16.7 Å². The minimum absolute atomic E-state index is 0.000139. The highest BCUT2D eigenvalue weighted by atomic mass is 79.9. The summed E-state index contributed by atoms with van der Waals surface area (Å²) < 4.78 is 18.4. The predicted molar refractivity (Wildman–Crippen MR) is 72.5 cm³/mol. The van der Waals surface area contributed by atoms with E-state index in [1.54, 1.807) is 12.9 Å². The molecule has 0 amide bonds. The van der Waals surface area contributed by atoms with Gasteiger partial charge in [-0.25, -0.2) is 9.18 Å². The van der Waals surface area contributed by atoms with Crippen molar-refractivity contribution in [3.63, 3.8) is 0 Å². The molecule has 0 radical (unpaired) electrons. The molecule has 1 unspecified atom stereocenters. The topological polar surface area (TPSA) is 43.4 Å². The van der Waals surface area contributed by atoms with Gasteiger partial charge in [-0.15, -0.1) is 0 Å². The SMILES string of the molecule is CCOC(=O)C(Br)C(=C=O)c1ccc(Br)c(F)c1. The van der Waals surface area contributed by atoms with Gasteiger partial charge in [-0.1, -0.05) is 22.0 Å². The molecule has 18 heavy (non-hydrogen) atoms. The second-order valence-electron chi connectivity index (χ2n) is 3.26. The third kappa shape index (κ3) is 3.51. The minimum atomic E-state index is -0.962. The lowest BCUT2D eigenvalue weighted by Gasteiger charge is -2.10. The van der Waals surface area contributed by atoms with Gasteiger partial charge in [0.25, 0.3) is 0 Å². The van der Waals surface area contributed by atoms with Crippen LogP contribution in [0.3, 0.4) is 0 Å². The van der Waals surface area contributed by atoms with Crippen LogP contribution in [0.1, 0.15) is 12.5 Å². The van der Waals surface area contributed by atoms with Crippen LogP contribution in [0.25, 0.3) is 5.57 Å². The van der Waals surface area contributed by atoms with E-state index < -0.39 is 16.6 Å². The van der Waals surface area contributed by atoms with Crippen LogP contribution < -0.4 is 0 Å². The van der Waals surface area contributed by atoms with E-state index >= 15 is 0 Å². The minimum Gasteiger partial charge on any atom is -0.465 e. The van der Waals surface area contributed by atoms with Gasteiger partial charge in [0.15, 0.2) is 0 Å². The first-order chi connectivity index (χ1) is 8.51. The Bertz CT molecular complexity index is 510. The molecule has 0 fully saturated rings. The van der Waals surface area contributed by atoms with E-state index in [-0.39, 0.29) is 22.2 Å². The fraction of sp³-hybridized carbons (Fsp3) is 0.250. The van der Waals surface area contributed by atoms with Crippen LogP contribution in [0, 0.1) is 5.82 Å². The molecule has 6 heteroatoms. The number of alkyl halides is 1. The van der Waals surface area contributed by atoms with Crippen LogP contribution in [0.5, 0.6) is 0 Å². The molecule has 0 aliphatic rings. The third-order valence-corrected chi connectivity index (χ3v) is 3.56. The smallest absolute Gasteiger partial charge is 0.325 e. The zero-order valence-corrected chi connectivity index (χ0v) is 12.5. The Morgan fingerprint density at radius 1 is 1.56 bits per heavy atom. The van der Waals surface area contributed by atoms with Crippen molar-refractivity contribution < 1.29 is 18.7 Å². The highest BCUT2D eigenvalue weighted by molar-refractivity contribution is 9.10. The van der Waals surface area contributed by atoms with Gasteiger partial charge >= 0.3 is 5.97 Å². The molecular weight excluding hydrogens is 371 g/mol. The van der Waals surface area contributed by atoms with Crippen LogP contribution in [-0.2, 0) is 14.3 Å². The summed E-state index contributed by atoms with van der Waals surface area (Å²) in [7, 11) is 0. The average Bonchev–Trinajstić information content (AvgIpc) is 2.34. The number of ether oxygens (including phenoxy) is 1. The number of carbonyl (C=O) groups excluding carboxylic acids is 2. The molecule has 0 spiro atoms. The van der Waals surface area contributed by atoms with Crippen LogP contribution in [0.2, 0.25) is 0 Å². The predicted octanol–water partition coefficient (Wildman–Crippen LogP) is 3.13. The van der Waals surface area contributed by atoms with E-state index in [1.165, 1.54) is 12.1 Å². The number of halogens is 3.